The minimum atomic E-state index is 0.0216. The van der Waals surface area contributed by atoms with Crippen LogP contribution >= 0.6 is 0 Å². The lowest BCUT2D eigenvalue weighted by atomic mass is 10.2. The molecule has 1 aromatic rings. The van der Waals surface area contributed by atoms with Crippen molar-refractivity contribution in [2.24, 2.45) is 0 Å². The third-order valence-corrected chi connectivity index (χ3v) is 2.06. The molecule has 0 spiro atoms. The molecule has 0 unspecified atom stereocenters. The van der Waals surface area contributed by atoms with E-state index >= 15 is 0 Å². The normalized spacial score (nSPS) is 10.7. The highest BCUT2D eigenvalue weighted by Gasteiger charge is 2.00. The Morgan fingerprint density at radius 2 is 2.07 bits per heavy atom. The summed E-state index contributed by atoms with van der Waals surface area (Å²) >= 11 is 0. The van der Waals surface area contributed by atoms with Crippen molar-refractivity contribution in [1.82, 2.24) is 5.32 Å². The molecule has 0 heterocycles. The molecule has 3 heteroatoms. The molecule has 0 saturated carbocycles. The van der Waals surface area contributed by atoms with Crippen LogP contribution in [0.2, 0.25) is 0 Å². The summed E-state index contributed by atoms with van der Waals surface area (Å²) in [6.07, 6.45) is 0. The Morgan fingerprint density at radius 3 is 2.73 bits per heavy atom. The molecule has 0 amide bonds. The maximum atomic E-state index is 9.07. The van der Waals surface area contributed by atoms with Gasteiger partial charge in [-0.1, -0.05) is 32.0 Å². The van der Waals surface area contributed by atoms with Crippen molar-refractivity contribution in [2.75, 3.05) is 13.2 Å². The number of aliphatic hydroxyl groups excluding tert-OH is 1. The summed E-state index contributed by atoms with van der Waals surface area (Å²) in [6.45, 7) is 5.66. The molecule has 84 valence electrons. The quantitative estimate of drug-likeness (QED) is 0.699. The SMILES string of the molecule is CC(C)NCCOc1ccccc1CO. The second kappa shape index (κ2) is 6.43. The first-order chi connectivity index (χ1) is 7.24. The van der Waals surface area contributed by atoms with Gasteiger partial charge in [0.1, 0.15) is 12.4 Å². The van der Waals surface area contributed by atoms with Crippen LogP contribution in [0, 0.1) is 0 Å². The van der Waals surface area contributed by atoms with Gasteiger partial charge >= 0.3 is 0 Å². The van der Waals surface area contributed by atoms with Crippen molar-refractivity contribution < 1.29 is 9.84 Å². The molecule has 0 aliphatic heterocycles. The first-order valence-electron chi connectivity index (χ1n) is 5.29. The van der Waals surface area contributed by atoms with Gasteiger partial charge in [0.05, 0.1) is 6.61 Å². The number of hydrogen-bond donors (Lipinski definition) is 2. The van der Waals surface area contributed by atoms with Crippen molar-refractivity contribution in [2.45, 2.75) is 26.5 Å². The van der Waals surface area contributed by atoms with E-state index in [1.165, 1.54) is 0 Å². The summed E-state index contributed by atoms with van der Waals surface area (Å²) in [7, 11) is 0. The minimum absolute atomic E-state index is 0.0216. The zero-order valence-corrected chi connectivity index (χ0v) is 9.36. The maximum Gasteiger partial charge on any atom is 0.124 e. The fourth-order valence-corrected chi connectivity index (χ4v) is 1.28. The molecule has 2 N–H and O–H groups in total. The highest BCUT2D eigenvalue weighted by atomic mass is 16.5. The minimum Gasteiger partial charge on any atom is -0.492 e. The third-order valence-electron chi connectivity index (χ3n) is 2.06. The van der Waals surface area contributed by atoms with E-state index in [1.807, 2.05) is 24.3 Å². The Labute approximate surface area is 91.1 Å². The van der Waals surface area contributed by atoms with Crippen LogP contribution in [0.15, 0.2) is 24.3 Å². The van der Waals surface area contributed by atoms with E-state index in [2.05, 4.69) is 19.2 Å². The van der Waals surface area contributed by atoms with Crippen LogP contribution in [0.3, 0.4) is 0 Å². The Hall–Kier alpha value is -1.06. The van der Waals surface area contributed by atoms with Crippen LogP contribution in [0.4, 0.5) is 0 Å². The molecule has 0 radical (unpaired) electrons. The van der Waals surface area contributed by atoms with E-state index in [9.17, 15) is 0 Å². The van der Waals surface area contributed by atoms with Gasteiger partial charge in [0.25, 0.3) is 0 Å². The van der Waals surface area contributed by atoms with Gasteiger partial charge in [-0.2, -0.15) is 0 Å². The van der Waals surface area contributed by atoms with E-state index in [0.29, 0.717) is 12.6 Å². The van der Waals surface area contributed by atoms with Gasteiger partial charge in [0, 0.05) is 18.2 Å². The molecule has 0 bridgehead atoms. The Morgan fingerprint density at radius 1 is 1.33 bits per heavy atom. The van der Waals surface area contributed by atoms with Gasteiger partial charge in [0.15, 0.2) is 0 Å². The van der Waals surface area contributed by atoms with Crippen molar-refractivity contribution in [1.29, 1.82) is 0 Å². The van der Waals surface area contributed by atoms with Crippen LogP contribution in [0.25, 0.3) is 0 Å². The Bertz CT molecular complexity index is 287. The first kappa shape index (κ1) is 12.0. The predicted molar refractivity (Wildman–Crippen MR) is 61.0 cm³/mol. The molecule has 3 nitrogen and oxygen atoms in total. The van der Waals surface area contributed by atoms with E-state index in [-0.39, 0.29) is 6.61 Å². The molecule has 0 aromatic heterocycles. The van der Waals surface area contributed by atoms with Crippen LogP contribution < -0.4 is 10.1 Å². The molecular weight excluding hydrogens is 190 g/mol. The zero-order valence-electron chi connectivity index (χ0n) is 9.36. The number of nitrogens with one attached hydrogen (secondary N) is 1. The summed E-state index contributed by atoms with van der Waals surface area (Å²) < 4.78 is 5.56. The second-order valence-electron chi connectivity index (χ2n) is 3.72. The van der Waals surface area contributed by atoms with Gasteiger partial charge in [-0.3, -0.25) is 0 Å². The third kappa shape index (κ3) is 4.32. The summed E-state index contributed by atoms with van der Waals surface area (Å²) in [5.74, 6) is 0.769. The molecule has 1 aromatic carbocycles. The Kier molecular flexibility index (Phi) is 5.15. The highest BCUT2D eigenvalue weighted by Crippen LogP contribution is 2.17. The molecule has 1 rings (SSSR count). The molecule has 0 fully saturated rings. The number of aliphatic hydroxyl groups is 1. The highest BCUT2D eigenvalue weighted by molar-refractivity contribution is 5.32. The van der Waals surface area contributed by atoms with Gasteiger partial charge in [-0.25, -0.2) is 0 Å². The van der Waals surface area contributed by atoms with E-state index in [1.54, 1.807) is 0 Å². The smallest absolute Gasteiger partial charge is 0.124 e. The number of benzene rings is 1. The fraction of sp³-hybridized carbons (Fsp3) is 0.500. The molecule has 0 aliphatic rings. The lowest BCUT2D eigenvalue weighted by Gasteiger charge is -2.11. The number of rotatable bonds is 6. The summed E-state index contributed by atoms with van der Waals surface area (Å²) in [5, 5.41) is 12.3. The topological polar surface area (TPSA) is 41.5 Å². The van der Waals surface area contributed by atoms with E-state index in [0.717, 1.165) is 17.9 Å². The Balaban J connectivity index is 2.36. The zero-order chi connectivity index (χ0) is 11.1. The molecule has 0 saturated heterocycles. The molecule has 15 heavy (non-hydrogen) atoms. The van der Waals surface area contributed by atoms with Crippen LogP contribution in [-0.4, -0.2) is 24.3 Å². The largest absolute Gasteiger partial charge is 0.492 e. The van der Waals surface area contributed by atoms with Crippen molar-refractivity contribution in [3.63, 3.8) is 0 Å². The average molecular weight is 209 g/mol. The number of para-hydroxylation sites is 1. The lowest BCUT2D eigenvalue weighted by molar-refractivity contribution is 0.261. The summed E-state index contributed by atoms with van der Waals surface area (Å²) in [4.78, 5) is 0. The second-order valence-corrected chi connectivity index (χ2v) is 3.72. The van der Waals surface area contributed by atoms with E-state index in [4.69, 9.17) is 9.84 Å². The standard InChI is InChI=1S/C12H19NO2/c1-10(2)13-7-8-15-12-6-4-3-5-11(12)9-14/h3-6,10,13-14H,7-9H2,1-2H3. The average Bonchev–Trinajstić information content (AvgIpc) is 2.24. The summed E-state index contributed by atoms with van der Waals surface area (Å²) in [5.41, 5.74) is 0.835. The van der Waals surface area contributed by atoms with Crippen LogP contribution in [0.1, 0.15) is 19.4 Å². The van der Waals surface area contributed by atoms with Gasteiger partial charge in [-0.05, 0) is 6.07 Å². The molecular formula is C12H19NO2. The number of hydrogen-bond acceptors (Lipinski definition) is 3. The monoisotopic (exact) mass is 209 g/mol. The first-order valence-corrected chi connectivity index (χ1v) is 5.29. The van der Waals surface area contributed by atoms with Crippen LogP contribution in [0.5, 0.6) is 5.75 Å². The fourth-order valence-electron chi connectivity index (χ4n) is 1.28. The van der Waals surface area contributed by atoms with Gasteiger partial charge < -0.3 is 15.2 Å². The van der Waals surface area contributed by atoms with Crippen molar-refractivity contribution in [3.05, 3.63) is 29.8 Å². The summed E-state index contributed by atoms with van der Waals surface area (Å²) in [6, 6.07) is 8.02. The van der Waals surface area contributed by atoms with E-state index < -0.39 is 0 Å². The van der Waals surface area contributed by atoms with Gasteiger partial charge in [0.2, 0.25) is 0 Å². The lowest BCUT2D eigenvalue weighted by Crippen LogP contribution is -2.27. The molecule has 0 aliphatic carbocycles. The van der Waals surface area contributed by atoms with Crippen molar-refractivity contribution >= 4 is 0 Å². The van der Waals surface area contributed by atoms with Crippen LogP contribution in [-0.2, 0) is 6.61 Å². The molecule has 0 atom stereocenters. The maximum absolute atomic E-state index is 9.07. The van der Waals surface area contributed by atoms with Gasteiger partial charge in [-0.15, -0.1) is 0 Å². The predicted octanol–water partition coefficient (Wildman–Crippen LogP) is 1.56. The number of ether oxygens (including phenoxy) is 1. The van der Waals surface area contributed by atoms with Crippen molar-refractivity contribution in [3.8, 4) is 5.75 Å².